The number of halogens is 2. The summed E-state index contributed by atoms with van der Waals surface area (Å²) in [6.45, 7) is 3.92. The summed E-state index contributed by atoms with van der Waals surface area (Å²) in [5, 5.41) is 0. The highest BCUT2D eigenvalue weighted by atomic mass is 19.1. The van der Waals surface area contributed by atoms with Gasteiger partial charge in [0.2, 0.25) is 0 Å². The summed E-state index contributed by atoms with van der Waals surface area (Å²) >= 11 is 0. The Labute approximate surface area is 98.3 Å². The maximum atomic E-state index is 13.6. The van der Waals surface area contributed by atoms with Gasteiger partial charge in [0, 0.05) is 18.8 Å². The standard InChI is InChI=1S/C12H14F2O3/c1-3-16-12(17-4-2)11-9(13)5-8(7-15)6-10(11)14/h5-7,12H,3-4H2,1-2H3. The second-order valence-corrected chi connectivity index (χ2v) is 3.26. The Balaban J connectivity index is 3.13. The van der Waals surface area contributed by atoms with Crippen molar-refractivity contribution in [1.29, 1.82) is 0 Å². The molecule has 0 saturated carbocycles. The zero-order valence-corrected chi connectivity index (χ0v) is 9.70. The van der Waals surface area contributed by atoms with Crippen LogP contribution in [0.5, 0.6) is 0 Å². The lowest BCUT2D eigenvalue weighted by Gasteiger charge is -2.18. The molecule has 0 saturated heterocycles. The van der Waals surface area contributed by atoms with Crippen LogP contribution in [0, 0.1) is 11.6 Å². The van der Waals surface area contributed by atoms with Crippen LogP contribution < -0.4 is 0 Å². The summed E-state index contributed by atoms with van der Waals surface area (Å²) in [7, 11) is 0. The van der Waals surface area contributed by atoms with Crippen molar-refractivity contribution in [1.82, 2.24) is 0 Å². The molecule has 5 heteroatoms. The summed E-state index contributed by atoms with van der Waals surface area (Å²) in [6.07, 6.45) is -0.711. The Kier molecular flexibility index (Phi) is 5.18. The number of carbonyl (C=O) groups is 1. The van der Waals surface area contributed by atoms with Gasteiger partial charge in [0.1, 0.15) is 17.9 Å². The molecule has 0 N–H and O–H groups in total. The zero-order valence-electron chi connectivity index (χ0n) is 9.70. The SMILES string of the molecule is CCOC(OCC)c1c(F)cc(C=O)cc1F. The first-order valence-electron chi connectivity index (χ1n) is 5.31. The van der Waals surface area contributed by atoms with Crippen LogP contribution in [0.25, 0.3) is 0 Å². The maximum absolute atomic E-state index is 13.6. The van der Waals surface area contributed by atoms with Crippen molar-refractivity contribution in [3.05, 3.63) is 34.9 Å². The van der Waals surface area contributed by atoms with Gasteiger partial charge in [0.05, 0.1) is 5.56 Å². The van der Waals surface area contributed by atoms with Crippen molar-refractivity contribution in [2.24, 2.45) is 0 Å². The molecule has 3 nitrogen and oxygen atoms in total. The minimum absolute atomic E-state index is 0.0597. The molecular formula is C12H14F2O3. The van der Waals surface area contributed by atoms with Gasteiger partial charge in [-0.2, -0.15) is 0 Å². The molecule has 0 aliphatic carbocycles. The number of aldehydes is 1. The van der Waals surface area contributed by atoms with E-state index in [4.69, 9.17) is 9.47 Å². The summed E-state index contributed by atoms with van der Waals surface area (Å²) in [5.41, 5.74) is -0.366. The first-order valence-corrected chi connectivity index (χ1v) is 5.31. The monoisotopic (exact) mass is 244 g/mol. The molecule has 1 aromatic carbocycles. The van der Waals surface area contributed by atoms with E-state index in [9.17, 15) is 13.6 Å². The summed E-state index contributed by atoms with van der Waals surface area (Å²) in [4.78, 5) is 10.4. The van der Waals surface area contributed by atoms with Crippen molar-refractivity contribution in [3.8, 4) is 0 Å². The number of rotatable bonds is 6. The van der Waals surface area contributed by atoms with E-state index in [1.807, 2.05) is 0 Å². The smallest absolute Gasteiger partial charge is 0.189 e. The van der Waals surface area contributed by atoms with Crippen LogP contribution in [-0.2, 0) is 9.47 Å². The van der Waals surface area contributed by atoms with Gasteiger partial charge < -0.3 is 9.47 Å². The van der Waals surface area contributed by atoms with Gasteiger partial charge in [-0.3, -0.25) is 4.79 Å². The quantitative estimate of drug-likeness (QED) is 0.570. The molecule has 0 heterocycles. The summed E-state index contributed by atoms with van der Waals surface area (Å²) < 4.78 is 37.5. The average molecular weight is 244 g/mol. The highest BCUT2D eigenvalue weighted by Crippen LogP contribution is 2.25. The number of hydrogen-bond donors (Lipinski definition) is 0. The number of benzene rings is 1. The lowest BCUT2D eigenvalue weighted by molar-refractivity contribution is -0.143. The van der Waals surface area contributed by atoms with E-state index in [-0.39, 0.29) is 24.3 Å². The van der Waals surface area contributed by atoms with Crippen molar-refractivity contribution >= 4 is 6.29 Å². The summed E-state index contributed by atoms with van der Waals surface area (Å²) in [6, 6.07) is 1.91. The molecule has 17 heavy (non-hydrogen) atoms. The molecule has 0 aliphatic rings. The second-order valence-electron chi connectivity index (χ2n) is 3.26. The second kappa shape index (κ2) is 6.42. The normalized spacial score (nSPS) is 10.9. The molecular weight excluding hydrogens is 230 g/mol. The van der Waals surface area contributed by atoms with E-state index in [0.717, 1.165) is 12.1 Å². The fourth-order valence-electron chi connectivity index (χ4n) is 1.41. The zero-order chi connectivity index (χ0) is 12.8. The molecule has 0 aromatic heterocycles. The fourth-order valence-corrected chi connectivity index (χ4v) is 1.41. The van der Waals surface area contributed by atoms with E-state index in [1.54, 1.807) is 13.8 Å². The van der Waals surface area contributed by atoms with Crippen LogP contribution >= 0.6 is 0 Å². The third-order valence-corrected chi connectivity index (χ3v) is 2.11. The van der Waals surface area contributed by atoms with Gasteiger partial charge in [-0.1, -0.05) is 0 Å². The Morgan fingerprint density at radius 3 is 2.00 bits per heavy atom. The first-order chi connectivity index (χ1) is 8.13. The molecule has 0 unspecified atom stereocenters. The lowest BCUT2D eigenvalue weighted by atomic mass is 10.1. The van der Waals surface area contributed by atoms with Crippen LogP contribution in [0.3, 0.4) is 0 Å². The Bertz CT molecular complexity index is 364. The first kappa shape index (κ1) is 13.7. The Hall–Kier alpha value is -1.33. The van der Waals surface area contributed by atoms with Crippen molar-refractivity contribution in [2.45, 2.75) is 20.1 Å². The Morgan fingerprint density at radius 1 is 1.18 bits per heavy atom. The highest BCUT2D eigenvalue weighted by molar-refractivity contribution is 5.74. The number of ether oxygens (including phenoxy) is 2. The van der Waals surface area contributed by atoms with E-state index >= 15 is 0 Å². The van der Waals surface area contributed by atoms with Crippen molar-refractivity contribution in [3.63, 3.8) is 0 Å². The van der Waals surface area contributed by atoms with Gasteiger partial charge in [0.15, 0.2) is 6.29 Å². The highest BCUT2D eigenvalue weighted by Gasteiger charge is 2.21. The number of carbonyl (C=O) groups excluding carboxylic acids is 1. The predicted molar refractivity (Wildman–Crippen MR) is 57.7 cm³/mol. The van der Waals surface area contributed by atoms with Crippen molar-refractivity contribution in [2.75, 3.05) is 13.2 Å². The topological polar surface area (TPSA) is 35.5 Å². The van der Waals surface area contributed by atoms with Gasteiger partial charge in [-0.05, 0) is 26.0 Å². The van der Waals surface area contributed by atoms with Crippen LogP contribution in [0.4, 0.5) is 8.78 Å². The fraction of sp³-hybridized carbons (Fsp3) is 0.417. The Morgan fingerprint density at radius 2 is 1.65 bits per heavy atom. The van der Waals surface area contributed by atoms with E-state index < -0.39 is 17.9 Å². The molecule has 0 aliphatic heterocycles. The third-order valence-electron chi connectivity index (χ3n) is 2.11. The van der Waals surface area contributed by atoms with Gasteiger partial charge in [-0.25, -0.2) is 8.78 Å². The van der Waals surface area contributed by atoms with E-state index in [1.165, 1.54) is 0 Å². The van der Waals surface area contributed by atoms with E-state index in [2.05, 4.69) is 0 Å². The molecule has 0 fully saturated rings. The molecule has 0 radical (unpaired) electrons. The van der Waals surface area contributed by atoms with Crippen LogP contribution in [0.1, 0.15) is 36.1 Å². The molecule has 0 spiro atoms. The van der Waals surface area contributed by atoms with Crippen LogP contribution in [0.2, 0.25) is 0 Å². The van der Waals surface area contributed by atoms with Crippen LogP contribution in [-0.4, -0.2) is 19.5 Å². The van der Waals surface area contributed by atoms with Gasteiger partial charge in [-0.15, -0.1) is 0 Å². The largest absolute Gasteiger partial charge is 0.348 e. The van der Waals surface area contributed by atoms with Crippen LogP contribution in [0.15, 0.2) is 12.1 Å². The molecule has 0 bridgehead atoms. The maximum Gasteiger partial charge on any atom is 0.189 e. The average Bonchev–Trinajstić information content (AvgIpc) is 2.28. The van der Waals surface area contributed by atoms with E-state index in [0.29, 0.717) is 6.29 Å². The minimum Gasteiger partial charge on any atom is -0.348 e. The summed E-state index contributed by atoms with van der Waals surface area (Å²) in [5.74, 6) is -1.70. The molecule has 1 aromatic rings. The molecule has 0 amide bonds. The van der Waals surface area contributed by atoms with Gasteiger partial charge >= 0.3 is 0 Å². The third kappa shape index (κ3) is 3.31. The number of hydrogen-bond acceptors (Lipinski definition) is 3. The molecule has 0 atom stereocenters. The van der Waals surface area contributed by atoms with Crippen molar-refractivity contribution < 1.29 is 23.0 Å². The predicted octanol–water partition coefficient (Wildman–Crippen LogP) is 2.85. The molecule has 1 rings (SSSR count). The molecule has 94 valence electrons. The lowest BCUT2D eigenvalue weighted by Crippen LogP contribution is -2.13. The minimum atomic E-state index is -1.09. The van der Waals surface area contributed by atoms with Gasteiger partial charge in [0.25, 0.3) is 0 Å².